The minimum Gasteiger partial charge on any atom is -0.351 e. The number of amides is 2. The number of anilines is 2. The molecule has 2 amide bonds. The molecule has 0 fully saturated rings. The van der Waals surface area contributed by atoms with Crippen LogP contribution in [0.3, 0.4) is 0 Å². The predicted octanol–water partition coefficient (Wildman–Crippen LogP) is 4.69. The number of halogens is 2. The number of sulfonamides is 1. The third-order valence-corrected chi connectivity index (χ3v) is 6.41. The lowest BCUT2D eigenvalue weighted by molar-refractivity contribution is 0.103. The van der Waals surface area contributed by atoms with Crippen LogP contribution in [-0.4, -0.2) is 25.2 Å². The van der Waals surface area contributed by atoms with Crippen molar-refractivity contribution < 1.29 is 22.4 Å². The van der Waals surface area contributed by atoms with Crippen LogP contribution in [-0.2, 0) is 15.4 Å². The summed E-state index contributed by atoms with van der Waals surface area (Å²) >= 11 is 5.98. The number of benzene rings is 2. The number of rotatable bonds is 6. The number of carbonyl (C=O) groups is 2. The Morgan fingerprint density at radius 3 is 2.29 bits per heavy atom. The fraction of sp³-hybridized carbons (Fsp3) is 0.174. The van der Waals surface area contributed by atoms with Gasteiger partial charge in [0.2, 0.25) is 5.78 Å². The lowest BCUT2D eigenvalue weighted by Crippen LogP contribution is -2.20. The zero-order valence-corrected chi connectivity index (χ0v) is 20.1. The van der Waals surface area contributed by atoms with Crippen LogP contribution in [0.1, 0.15) is 42.4 Å². The molecule has 0 atom stereocenters. The number of pyridine rings is 1. The van der Waals surface area contributed by atoms with Gasteiger partial charge in [0.15, 0.2) is 0 Å². The SMILES string of the molecule is CC(C)(C)c1ccc(S(=O)(=O)Nc2cc(Cl)cnc2C(=O)c2cc(NC(N)=O)ccc2F)cc1. The molecule has 8 nitrogen and oxygen atoms in total. The van der Waals surface area contributed by atoms with E-state index in [0.717, 1.165) is 23.9 Å². The second kappa shape index (κ2) is 9.40. The van der Waals surface area contributed by atoms with Crippen molar-refractivity contribution >= 4 is 44.8 Å². The molecule has 3 aromatic rings. The zero-order valence-electron chi connectivity index (χ0n) is 18.5. The average Bonchev–Trinajstić information content (AvgIpc) is 2.73. The van der Waals surface area contributed by atoms with Crippen LogP contribution in [0.4, 0.5) is 20.6 Å². The molecule has 1 heterocycles. The second-order valence-electron chi connectivity index (χ2n) is 8.44. The molecule has 178 valence electrons. The number of carbonyl (C=O) groups excluding carboxylic acids is 2. The average molecular weight is 505 g/mol. The monoisotopic (exact) mass is 504 g/mol. The lowest BCUT2D eigenvalue weighted by atomic mass is 9.87. The fourth-order valence-corrected chi connectivity index (χ4v) is 4.30. The predicted molar refractivity (Wildman–Crippen MR) is 128 cm³/mol. The Kier molecular flexibility index (Phi) is 6.94. The molecule has 4 N–H and O–H groups in total. The summed E-state index contributed by atoms with van der Waals surface area (Å²) in [6.07, 6.45) is 1.13. The molecule has 1 aromatic heterocycles. The fourth-order valence-electron chi connectivity index (χ4n) is 3.08. The highest BCUT2D eigenvalue weighted by molar-refractivity contribution is 7.92. The Balaban J connectivity index is 2.00. The van der Waals surface area contributed by atoms with Crippen LogP contribution in [0.15, 0.2) is 59.6 Å². The molecular weight excluding hydrogens is 483 g/mol. The number of nitrogens with two attached hydrogens (primary N) is 1. The van der Waals surface area contributed by atoms with E-state index < -0.39 is 33.2 Å². The van der Waals surface area contributed by atoms with Crippen molar-refractivity contribution in [1.82, 2.24) is 4.98 Å². The summed E-state index contributed by atoms with van der Waals surface area (Å²) < 4.78 is 42.7. The van der Waals surface area contributed by atoms with E-state index in [-0.39, 0.29) is 32.4 Å². The third kappa shape index (κ3) is 5.70. The lowest BCUT2D eigenvalue weighted by Gasteiger charge is -2.19. The number of urea groups is 1. The van der Waals surface area contributed by atoms with E-state index in [4.69, 9.17) is 17.3 Å². The minimum atomic E-state index is -4.13. The van der Waals surface area contributed by atoms with E-state index in [1.54, 1.807) is 12.1 Å². The van der Waals surface area contributed by atoms with Crippen molar-refractivity contribution in [2.75, 3.05) is 10.0 Å². The van der Waals surface area contributed by atoms with E-state index >= 15 is 0 Å². The molecule has 0 radical (unpaired) electrons. The highest BCUT2D eigenvalue weighted by Crippen LogP contribution is 2.28. The van der Waals surface area contributed by atoms with E-state index in [1.165, 1.54) is 24.3 Å². The van der Waals surface area contributed by atoms with Gasteiger partial charge >= 0.3 is 6.03 Å². The third-order valence-electron chi connectivity index (χ3n) is 4.82. The summed E-state index contributed by atoms with van der Waals surface area (Å²) in [5, 5.41) is 2.30. The van der Waals surface area contributed by atoms with Crippen LogP contribution in [0.5, 0.6) is 0 Å². The minimum absolute atomic E-state index is 0.0438. The van der Waals surface area contributed by atoms with Gasteiger partial charge in [-0.15, -0.1) is 0 Å². The summed E-state index contributed by atoms with van der Waals surface area (Å²) in [5.74, 6) is -1.83. The Morgan fingerprint density at radius 1 is 1.06 bits per heavy atom. The summed E-state index contributed by atoms with van der Waals surface area (Å²) in [5.41, 5.74) is 4.85. The Morgan fingerprint density at radius 2 is 1.71 bits per heavy atom. The summed E-state index contributed by atoms with van der Waals surface area (Å²) in [6, 6.07) is 9.84. The molecule has 0 unspecified atom stereocenters. The van der Waals surface area contributed by atoms with Gasteiger partial charge in [-0.05, 0) is 47.4 Å². The summed E-state index contributed by atoms with van der Waals surface area (Å²) in [7, 11) is -4.13. The first-order chi connectivity index (χ1) is 15.8. The van der Waals surface area contributed by atoms with E-state index in [9.17, 15) is 22.4 Å². The molecule has 0 bridgehead atoms. The zero-order chi connectivity index (χ0) is 25.3. The van der Waals surface area contributed by atoms with Crippen LogP contribution < -0.4 is 15.8 Å². The van der Waals surface area contributed by atoms with Gasteiger partial charge in [-0.3, -0.25) is 9.52 Å². The maximum atomic E-state index is 14.4. The largest absolute Gasteiger partial charge is 0.351 e. The molecule has 0 aliphatic heterocycles. The van der Waals surface area contributed by atoms with Crippen LogP contribution in [0.2, 0.25) is 5.02 Å². The first-order valence-electron chi connectivity index (χ1n) is 9.97. The number of hydrogen-bond acceptors (Lipinski definition) is 5. The Bertz CT molecular complexity index is 1370. The standard InChI is InChI=1S/C23H22ClFN4O4S/c1-23(2,3)13-4-7-16(8-5-13)34(32,33)29-19-10-14(24)12-27-20(19)21(30)17-11-15(28-22(26)31)6-9-18(17)25/h4-12,29H,1-3H3,(H3,26,28,31). The van der Waals surface area contributed by atoms with Crippen molar-refractivity contribution in [2.24, 2.45) is 5.73 Å². The molecule has 3 rings (SSSR count). The molecule has 0 aliphatic rings. The van der Waals surface area contributed by atoms with Crippen molar-refractivity contribution in [1.29, 1.82) is 0 Å². The van der Waals surface area contributed by atoms with Crippen LogP contribution in [0, 0.1) is 5.82 Å². The van der Waals surface area contributed by atoms with Crippen LogP contribution in [0.25, 0.3) is 0 Å². The smallest absolute Gasteiger partial charge is 0.316 e. The van der Waals surface area contributed by atoms with E-state index in [0.29, 0.717) is 0 Å². The van der Waals surface area contributed by atoms with E-state index in [2.05, 4.69) is 15.0 Å². The molecule has 0 aliphatic carbocycles. The van der Waals surface area contributed by atoms with Crippen molar-refractivity contribution in [2.45, 2.75) is 31.1 Å². The van der Waals surface area contributed by atoms with Gasteiger partial charge in [-0.2, -0.15) is 0 Å². The van der Waals surface area contributed by atoms with Gasteiger partial charge in [0, 0.05) is 11.9 Å². The van der Waals surface area contributed by atoms with Crippen molar-refractivity contribution in [3.8, 4) is 0 Å². The molecule has 34 heavy (non-hydrogen) atoms. The quantitative estimate of drug-likeness (QED) is 0.419. The number of hydrogen-bond donors (Lipinski definition) is 3. The maximum absolute atomic E-state index is 14.4. The summed E-state index contributed by atoms with van der Waals surface area (Å²) in [6.45, 7) is 5.99. The first-order valence-corrected chi connectivity index (χ1v) is 11.8. The molecule has 0 saturated heterocycles. The number of primary amides is 1. The number of nitrogens with one attached hydrogen (secondary N) is 2. The molecule has 2 aromatic carbocycles. The second-order valence-corrected chi connectivity index (χ2v) is 10.6. The maximum Gasteiger partial charge on any atom is 0.316 e. The molecular formula is C23H22ClFN4O4S. The highest BCUT2D eigenvalue weighted by atomic mass is 35.5. The highest BCUT2D eigenvalue weighted by Gasteiger charge is 2.24. The van der Waals surface area contributed by atoms with Gasteiger partial charge < -0.3 is 11.1 Å². The van der Waals surface area contributed by atoms with Crippen molar-refractivity contribution in [3.63, 3.8) is 0 Å². The Hall–Kier alpha value is -3.50. The number of aromatic nitrogens is 1. The van der Waals surface area contributed by atoms with Crippen LogP contribution >= 0.6 is 11.6 Å². The molecule has 0 saturated carbocycles. The van der Waals surface area contributed by atoms with Crippen molar-refractivity contribution in [3.05, 3.63) is 82.4 Å². The van der Waals surface area contributed by atoms with Gasteiger partial charge in [0.1, 0.15) is 11.5 Å². The number of ketones is 1. The van der Waals surface area contributed by atoms with Gasteiger partial charge in [0.05, 0.1) is 21.2 Å². The topological polar surface area (TPSA) is 131 Å². The summed E-state index contributed by atoms with van der Waals surface area (Å²) in [4.78, 5) is 28.1. The van der Waals surface area contributed by atoms with Gasteiger partial charge in [-0.25, -0.2) is 22.6 Å². The molecule has 0 spiro atoms. The van der Waals surface area contributed by atoms with Gasteiger partial charge in [-0.1, -0.05) is 44.5 Å². The number of nitrogens with zero attached hydrogens (tertiary/aromatic N) is 1. The van der Waals surface area contributed by atoms with E-state index in [1.807, 2.05) is 20.8 Å². The Labute approximate surface area is 201 Å². The molecule has 11 heteroatoms. The first kappa shape index (κ1) is 25.1. The van der Waals surface area contributed by atoms with Gasteiger partial charge in [0.25, 0.3) is 10.0 Å². The normalized spacial score (nSPS) is 11.7.